The van der Waals surface area contributed by atoms with Gasteiger partial charge in [-0.15, -0.1) is 0 Å². The first-order chi connectivity index (χ1) is 7.86. The van der Waals surface area contributed by atoms with E-state index in [0.29, 0.717) is 12.4 Å². The van der Waals surface area contributed by atoms with Crippen LogP contribution in [0.4, 0.5) is 19.0 Å². The molecule has 17 heavy (non-hydrogen) atoms. The van der Waals surface area contributed by atoms with Crippen LogP contribution < -0.4 is 4.90 Å². The van der Waals surface area contributed by atoms with E-state index in [1.54, 1.807) is 11.9 Å². The largest absolute Gasteiger partial charge is 0.417 e. The van der Waals surface area contributed by atoms with Crippen LogP contribution in [-0.4, -0.2) is 18.6 Å². The lowest BCUT2D eigenvalue weighted by atomic mass is 10.2. The second-order valence-electron chi connectivity index (χ2n) is 3.80. The first kappa shape index (κ1) is 14.1. The molecule has 1 heterocycles. The number of alkyl halides is 3. The van der Waals surface area contributed by atoms with Crippen LogP contribution in [-0.2, 0) is 6.18 Å². The fourth-order valence-electron chi connectivity index (χ4n) is 1.37. The monoisotopic (exact) mass is 266 g/mol. The predicted molar refractivity (Wildman–Crippen MR) is 62.4 cm³/mol. The summed E-state index contributed by atoms with van der Waals surface area (Å²) in [5.74, 6) is 0.383. The van der Waals surface area contributed by atoms with Crippen LogP contribution in [0.2, 0.25) is 5.02 Å². The van der Waals surface area contributed by atoms with Gasteiger partial charge in [0.25, 0.3) is 0 Å². The Balaban J connectivity index is 2.90. The molecule has 96 valence electrons. The third kappa shape index (κ3) is 3.77. The highest BCUT2D eigenvalue weighted by Crippen LogP contribution is 2.33. The molecule has 0 saturated heterocycles. The highest BCUT2D eigenvalue weighted by atomic mass is 35.5. The number of rotatable bonds is 4. The van der Waals surface area contributed by atoms with Gasteiger partial charge >= 0.3 is 6.18 Å². The van der Waals surface area contributed by atoms with Gasteiger partial charge in [-0.1, -0.05) is 24.9 Å². The Kier molecular flexibility index (Phi) is 4.62. The van der Waals surface area contributed by atoms with Crippen LogP contribution in [0, 0.1) is 0 Å². The molecule has 0 saturated carbocycles. The average molecular weight is 267 g/mol. The summed E-state index contributed by atoms with van der Waals surface area (Å²) in [6.07, 6.45) is -1.65. The summed E-state index contributed by atoms with van der Waals surface area (Å²) in [5.41, 5.74) is -0.824. The standard InChI is InChI=1S/C11H14ClF3N2/c1-3-4-5-17(2)10-9(12)6-8(7-16-10)11(13,14)15/h6-7H,3-5H2,1-2H3. The van der Waals surface area contributed by atoms with E-state index < -0.39 is 11.7 Å². The molecule has 0 aliphatic rings. The quantitative estimate of drug-likeness (QED) is 0.819. The molecular formula is C11H14ClF3N2. The van der Waals surface area contributed by atoms with Gasteiger partial charge in [-0.05, 0) is 12.5 Å². The number of nitrogens with zero attached hydrogens (tertiary/aromatic N) is 2. The number of halogens is 4. The van der Waals surface area contributed by atoms with Crippen molar-refractivity contribution >= 4 is 17.4 Å². The molecule has 0 bridgehead atoms. The van der Waals surface area contributed by atoms with Crippen molar-refractivity contribution in [1.82, 2.24) is 4.98 Å². The van der Waals surface area contributed by atoms with Crippen molar-refractivity contribution in [3.8, 4) is 0 Å². The van der Waals surface area contributed by atoms with Gasteiger partial charge in [0, 0.05) is 19.8 Å². The lowest BCUT2D eigenvalue weighted by Crippen LogP contribution is -2.20. The maximum atomic E-state index is 12.4. The molecule has 6 heteroatoms. The van der Waals surface area contributed by atoms with E-state index in [0.717, 1.165) is 25.1 Å². The van der Waals surface area contributed by atoms with Gasteiger partial charge in [-0.3, -0.25) is 0 Å². The molecule has 2 nitrogen and oxygen atoms in total. The van der Waals surface area contributed by atoms with Crippen molar-refractivity contribution < 1.29 is 13.2 Å². The van der Waals surface area contributed by atoms with E-state index >= 15 is 0 Å². The Hall–Kier alpha value is -0.970. The van der Waals surface area contributed by atoms with E-state index in [1.807, 2.05) is 6.92 Å². The molecule has 1 aromatic rings. The van der Waals surface area contributed by atoms with Gasteiger partial charge in [0.2, 0.25) is 0 Å². The van der Waals surface area contributed by atoms with Gasteiger partial charge in [-0.2, -0.15) is 13.2 Å². The fraction of sp³-hybridized carbons (Fsp3) is 0.545. The Morgan fingerprint density at radius 3 is 2.53 bits per heavy atom. The number of hydrogen-bond donors (Lipinski definition) is 0. The normalized spacial score (nSPS) is 11.6. The topological polar surface area (TPSA) is 16.1 Å². The third-order valence-electron chi connectivity index (χ3n) is 2.36. The third-order valence-corrected chi connectivity index (χ3v) is 2.64. The van der Waals surface area contributed by atoms with Crippen molar-refractivity contribution in [3.63, 3.8) is 0 Å². The molecule has 0 aromatic carbocycles. The molecule has 0 aliphatic carbocycles. The highest BCUT2D eigenvalue weighted by molar-refractivity contribution is 6.33. The van der Waals surface area contributed by atoms with Crippen LogP contribution in [0.25, 0.3) is 0 Å². The maximum absolute atomic E-state index is 12.4. The SMILES string of the molecule is CCCCN(C)c1ncc(C(F)(F)F)cc1Cl. The van der Waals surface area contributed by atoms with E-state index in [1.165, 1.54) is 0 Å². The van der Waals surface area contributed by atoms with Gasteiger partial charge in [0.1, 0.15) is 5.82 Å². The van der Waals surface area contributed by atoms with Crippen molar-refractivity contribution in [2.24, 2.45) is 0 Å². The second-order valence-corrected chi connectivity index (χ2v) is 4.21. The van der Waals surface area contributed by atoms with E-state index in [9.17, 15) is 13.2 Å². The van der Waals surface area contributed by atoms with E-state index in [4.69, 9.17) is 11.6 Å². The van der Waals surface area contributed by atoms with E-state index in [-0.39, 0.29) is 5.02 Å². The molecule has 1 aromatic heterocycles. The van der Waals surface area contributed by atoms with Crippen LogP contribution >= 0.6 is 11.6 Å². The Morgan fingerprint density at radius 1 is 1.41 bits per heavy atom. The minimum absolute atomic E-state index is 0.0263. The number of aromatic nitrogens is 1. The summed E-state index contributed by atoms with van der Waals surface area (Å²) in [6.45, 7) is 2.75. The summed E-state index contributed by atoms with van der Waals surface area (Å²) >= 11 is 5.81. The molecule has 0 amide bonds. The minimum Gasteiger partial charge on any atom is -0.358 e. The molecular weight excluding hydrogens is 253 g/mol. The maximum Gasteiger partial charge on any atom is 0.417 e. The van der Waals surface area contributed by atoms with Crippen LogP contribution in [0.3, 0.4) is 0 Å². The molecule has 0 unspecified atom stereocenters. The van der Waals surface area contributed by atoms with Crippen molar-refractivity contribution in [2.45, 2.75) is 25.9 Å². The average Bonchev–Trinajstić information content (AvgIpc) is 2.24. The lowest BCUT2D eigenvalue weighted by Gasteiger charge is -2.19. The zero-order valence-electron chi connectivity index (χ0n) is 9.68. The van der Waals surface area contributed by atoms with Gasteiger partial charge in [-0.25, -0.2) is 4.98 Å². The zero-order chi connectivity index (χ0) is 13.1. The minimum atomic E-state index is -4.41. The zero-order valence-corrected chi connectivity index (χ0v) is 10.4. The number of anilines is 1. The number of hydrogen-bond acceptors (Lipinski definition) is 2. The smallest absolute Gasteiger partial charge is 0.358 e. The van der Waals surface area contributed by atoms with Gasteiger partial charge in [0.15, 0.2) is 0 Å². The first-order valence-corrected chi connectivity index (χ1v) is 5.68. The molecule has 0 atom stereocenters. The Morgan fingerprint density at radius 2 is 2.06 bits per heavy atom. The lowest BCUT2D eigenvalue weighted by molar-refractivity contribution is -0.137. The second kappa shape index (κ2) is 5.58. The summed E-state index contributed by atoms with van der Waals surface area (Å²) in [4.78, 5) is 5.53. The molecule has 1 rings (SSSR count). The van der Waals surface area contributed by atoms with Crippen molar-refractivity contribution in [2.75, 3.05) is 18.5 Å². The number of unbranched alkanes of at least 4 members (excludes halogenated alkanes) is 1. The summed E-state index contributed by atoms with van der Waals surface area (Å²) < 4.78 is 37.2. The summed E-state index contributed by atoms with van der Waals surface area (Å²) in [7, 11) is 1.76. The fourth-order valence-corrected chi connectivity index (χ4v) is 1.68. The van der Waals surface area contributed by atoms with Gasteiger partial charge in [0.05, 0.1) is 10.6 Å². The Bertz CT molecular complexity index is 379. The molecule has 0 aliphatic heterocycles. The molecule has 0 spiro atoms. The van der Waals surface area contributed by atoms with Crippen molar-refractivity contribution in [3.05, 3.63) is 22.8 Å². The molecule has 0 N–H and O–H groups in total. The Labute approximate surface area is 103 Å². The molecule has 0 fully saturated rings. The van der Waals surface area contributed by atoms with Gasteiger partial charge < -0.3 is 4.90 Å². The summed E-state index contributed by atoms with van der Waals surface area (Å²) in [5, 5.41) is 0.0263. The highest BCUT2D eigenvalue weighted by Gasteiger charge is 2.31. The predicted octanol–water partition coefficient (Wildman–Crippen LogP) is 3.99. The molecule has 0 radical (unpaired) electrons. The number of pyridine rings is 1. The first-order valence-electron chi connectivity index (χ1n) is 5.30. The summed E-state index contributed by atoms with van der Waals surface area (Å²) in [6, 6.07) is 0.909. The van der Waals surface area contributed by atoms with E-state index in [2.05, 4.69) is 4.98 Å². The van der Waals surface area contributed by atoms with Crippen LogP contribution in [0.1, 0.15) is 25.3 Å². The van der Waals surface area contributed by atoms with Crippen molar-refractivity contribution in [1.29, 1.82) is 0 Å². The van der Waals surface area contributed by atoms with Crippen LogP contribution in [0.15, 0.2) is 12.3 Å². The van der Waals surface area contributed by atoms with Crippen LogP contribution in [0.5, 0.6) is 0 Å².